The third-order valence-electron chi connectivity index (χ3n) is 5.17. The largest absolute Gasteiger partial charge is 0.481 e. The normalized spacial score (nSPS) is 22.3. The standard InChI is InChI=1S/C19H26FN3O3/c1-14(26-16-6-3-5-15(20)13-16)18(24)22-9-11-23(12-10-22)19(25)17-7-4-8-21(17)2/h3,5-6,13-14,17H,4,7-12H2,1-2H3. The monoisotopic (exact) mass is 363 g/mol. The van der Waals surface area contributed by atoms with Crippen molar-refractivity contribution in [2.75, 3.05) is 39.8 Å². The summed E-state index contributed by atoms with van der Waals surface area (Å²) in [7, 11) is 1.99. The lowest BCUT2D eigenvalue weighted by Crippen LogP contribution is -2.56. The molecule has 0 radical (unpaired) electrons. The highest BCUT2D eigenvalue weighted by atomic mass is 19.1. The molecule has 1 aromatic carbocycles. The highest BCUT2D eigenvalue weighted by Crippen LogP contribution is 2.19. The molecule has 1 aromatic rings. The lowest BCUT2D eigenvalue weighted by Gasteiger charge is -2.37. The highest BCUT2D eigenvalue weighted by molar-refractivity contribution is 5.83. The number of ether oxygens (including phenoxy) is 1. The Morgan fingerprint density at radius 3 is 2.46 bits per heavy atom. The van der Waals surface area contributed by atoms with E-state index in [0.717, 1.165) is 19.4 Å². The zero-order valence-corrected chi connectivity index (χ0v) is 15.4. The lowest BCUT2D eigenvalue weighted by atomic mass is 10.1. The van der Waals surface area contributed by atoms with Crippen LogP contribution < -0.4 is 4.74 Å². The van der Waals surface area contributed by atoms with Crippen molar-refractivity contribution >= 4 is 11.8 Å². The van der Waals surface area contributed by atoms with E-state index in [0.29, 0.717) is 31.9 Å². The van der Waals surface area contributed by atoms with Gasteiger partial charge in [0.05, 0.1) is 6.04 Å². The van der Waals surface area contributed by atoms with Crippen LogP contribution in [0.15, 0.2) is 24.3 Å². The number of likely N-dealkylation sites (N-methyl/N-ethyl adjacent to an activating group) is 1. The number of carbonyl (C=O) groups is 2. The minimum atomic E-state index is -0.694. The van der Waals surface area contributed by atoms with Gasteiger partial charge >= 0.3 is 0 Å². The number of piperazine rings is 1. The smallest absolute Gasteiger partial charge is 0.263 e. The molecule has 0 bridgehead atoms. The zero-order valence-electron chi connectivity index (χ0n) is 15.4. The SMILES string of the molecule is CC(Oc1cccc(F)c1)C(=O)N1CCN(C(=O)C2CCCN2C)CC1. The van der Waals surface area contributed by atoms with E-state index in [9.17, 15) is 14.0 Å². The molecule has 0 saturated carbocycles. The second-order valence-electron chi connectivity index (χ2n) is 7.01. The zero-order chi connectivity index (χ0) is 18.7. The number of carbonyl (C=O) groups excluding carboxylic acids is 2. The number of benzene rings is 1. The van der Waals surface area contributed by atoms with Crippen molar-refractivity contribution in [2.24, 2.45) is 0 Å². The highest BCUT2D eigenvalue weighted by Gasteiger charge is 2.34. The van der Waals surface area contributed by atoms with Crippen LogP contribution in [-0.4, -0.2) is 78.4 Å². The first-order chi connectivity index (χ1) is 12.5. The van der Waals surface area contributed by atoms with Gasteiger partial charge in [-0.3, -0.25) is 14.5 Å². The van der Waals surface area contributed by atoms with E-state index in [1.54, 1.807) is 24.0 Å². The molecule has 2 fully saturated rings. The first kappa shape index (κ1) is 18.6. The van der Waals surface area contributed by atoms with Gasteiger partial charge in [0, 0.05) is 32.2 Å². The Labute approximate surface area is 153 Å². The van der Waals surface area contributed by atoms with Crippen LogP contribution in [0.1, 0.15) is 19.8 Å². The maximum absolute atomic E-state index is 13.2. The number of hydrogen-bond acceptors (Lipinski definition) is 4. The molecule has 0 spiro atoms. The molecule has 142 valence electrons. The number of nitrogens with zero attached hydrogens (tertiary/aromatic N) is 3. The Kier molecular flexibility index (Phi) is 5.76. The van der Waals surface area contributed by atoms with Gasteiger partial charge in [-0.1, -0.05) is 6.07 Å². The number of halogens is 1. The van der Waals surface area contributed by atoms with Gasteiger partial charge in [-0.15, -0.1) is 0 Å². The van der Waals surface area contributed by atoms with Gasteiger partial charge in [0.1, 0.15) is 11.6 Å². The van der Waals surface area contributed by atoms with E-state index in [-0.39, 0.29) is 17.9 Å². The number of amides is 2. The molecule has 26 heavy (non-hydrogen) atoms. The fourth-order valence-corrected chi connectivity index (χ4v) is 3.63. The molecular formula is C19H26FN3O3. The number of likely N-dealkylation sites (tertiary alicyclic amines) is 1. The topological polar surface area (TPSA) is 53.1 Å². The molecule has 6 nitrogen and oxygen atoms in total. The van der Waals surface area contributed by atoms with Crippen LogP contribution in [0.5, 0.6) is 5.75 Å². The van der Waals surface area contributed by atoms with Crippen LogP contribution in [0.2, 0.25) is 0 Å². The summed E-state index contributed by atoms with van der Waals surface area (Å²) in [5, 5.41) is 0. The van der Waals surface area contributed by atoms with Gasteiger partial charge in [-0.05, 0) is 45.5 Å². The Bertz CT molecular complexity index is 661. The maximum Gasteiger partial charge on any atom is 0.263 e. The molecular weight excluding hydrogens is 337 g/mol. The van der Waals surface area contributed by atoms with Gasteiger partial charge in [0.2, 0.25) is 5.91 Å². The van der Waals surface area contributed by atoms with Gasteiger partial charge in [-0.25, -0.2) is 4.39 Å². The maximum atomic E-state index is 13.2. The van der Waals surface area contributed by atoms with Crippen LogP contribution in [-0.2, 0) is 9.59 Å². The molecule has 2 unspecified atom stereocenters. The van der Waals surface area contributed by atoms with Gasteiger partial charge < -0.3 is 14.5 Å². The summed E-state index contributed by atoms with van der Waals surface area (Å²) in [5.74, 6) is -0.0319. The summed E-state index contributed by atoms with van der Waals surface area (Å²) in [6.07, 6.45) is 1.27. The van der Waals surface area contributed by atoms with Crippen molar-refractivity contribution in [1.82, 2.24) is 14.7 Å². The summed E-state index contributed by atoms with van der Waals surface area (Å²) >= 11 is 0. The lowest BCUT2D eigenvalue weighted by molar-refractivity contribution is -0.145. The van der Waals surface area contributed by atoms with Crippen molar-refractivity contribution < 1.29 is 18.7 Å². The first-order valence-corrected chi connectivity index (χ1v) is 9.16. The summed E-state index contributed by atoms with van der Waals surface area (Å²) in [5.41, 5.74) is 0. The minimum absolute atomic E-state index is 0.0208. The molecule has 0 N–H and O–H groups in total. The van der Waals surface area contributed by atoms with Crippen molar-refractivity contribution in [3.05, 3.63) is 30.1 Å². The van der Waals surface area contributed by atoms with Crippen LogP contribution in [0.4, 0.5) is 4.39 Å². The molecule has 0 aliphatic carbocycles. The molecule has 3 rings (SSSR count). The van der Waals surface area contributed by atoms with E-state index in [4.69, 9.17) is 4.74 Å². The summed E-state index contributed by atoms with van der Waals surface area (Å²) in [6.45, 7) is 4.71. The van der Waals surface area contributed by atoms with E-state index in [2.05, 4.69) is 4.90 Å². The van der Waals surface area contributed by atoms with Crippen molar-refractivity contribution in [3.8, 4) is 5.75 Å². The second-order valence-corrected chi connectivity index (χ2v) is 7.01. The van der Waals surface area contributed by atoms with E-state index in [1.165, 1.54) is 12.1 Å². The van der Waals surface area contributed by atoms with Crippen LogP contribution in [0, 0.1) is 5.82 Å². The van der Waals surface area contributed by atoms with Crippen molar-refractivity contribution in [2.45, 2.75) is 31.9 Å². The van der Waals surface area contributed by atoms with Gasteiger partial charge in [0.15, 0.2) is 6.10 Å². The molecule has 2 amide bonds. The predicted molar refractivity (Wildman–Crippen MR) is 95.3 cm³/mol. The Morgan fingerprint density at radius 2 is 1.85 bits per heavy atom. The van der Waals surface area contributed by atoms with E-state index in [1.807, 2.05) is 11.9 Å². The van der Waals surface area contributed by atoms with Crippen LogP contribution in [0.3, 0.4) is 0 Å². The summed E-state index contributed by atoms with van der Waals surface area (Å²) in [4.78, 5) is 30.9. The Balaban J connectivity index is 1.50. The minimum Gasteiger partial charge on any atom is -0.481 e. The van der Waals surface area contributed by atoms with Gasteiger partial charge in [-0.2, -0.15) is 0 Å². The molecule has 2 aliphatic heterocycles. The fourth-order valence-electron chi connectivity index (χ4n) is 3.63. The molecule has 2 heterocycles. The van der Waals surface area contributed by atoms with Crippen LogP contribution >= 0.6 is 0 Å². The van der Waals surface area contributed by atoms with Crippen molar-refractivity contribution in [3.63, 3.8) is 0 Å². The summed E-state index contributed by atoms with van der Waals surface area (Å²) < 4.78 is 18.8. The molecule has 2 atom stereocenters. The average Bonchev–Trinajstić information content (AvgIpc) is 3.06. The Morgan fingerprint density at radius 1 is 1.15 bits per heavy atom. The molecule has 2 saturated heterocycles. The van der Waals surface area contributed by atoms with E-state index >= 15 is 0 Å². The molecule has 0 aromatic heterocycles. The quantitative estimate of drug-likeness (QED) is 0.811. The predicted octanol–water partition coefficient (Wildman–Crippen LogP) is 1.36. The third kappa shape index (κ3) is 4.15. The number of hydrogen-bond donors (Lipinski definition) is 0. The van der Waals surface area contributed by atoms with Gasteiger partial charge in [0.25, 0.3) is 5.91 Å². The van der Waals surface area contributed by atoms with E-state index < -0.39 is 11.9 Å². The first-order valence-electron chi connectivity index (χ1n) is 9.16. The number of rotatable bonds is 4. The van der Waals surface area contributed by atoms with Crippen LogP contribution in [0.25, 0.3) is 0 Å². The van der Waals surface area contributed by atoms with Crippen molar-refractivity contribution in [1.29, 1.82) is 0 Å². The average molecular weight is 363 g/mol. The summed E-state index contributed by atoms with van der Waals surface area (Å²) in [6, 6.07) is 5.75. The fraction of sp³-hybridized carbons (Fsp3) is 0.579. The Hall–Kier alpha value is -2.15. The molecule has 7 heteroatoms. The molecule has 2 aliphatic rings. The third-order valence-corrected chi connectivity index (χ3v) is 5.17. The second kappa shape index (κ2) is 8.03.